The van der Waals surface area contributed by atoms with Crippen LogP contribution in [0.1, 0.15) is 47.5 Å². The number of ether oxygens (including phenoxy) is 1. The smallest absolute Gasteiger partial charge is 0.266 e. The van der Waals surface area contributed by atoms with Crippen molar-refractivity contribution < 1.29 is 14.3 Å². The highest BCUT2D eigenvalue weighted by atomic mass is 32.1. The highest BCUT2D eigenvalue weighted by molar-refractivity contribution is 7.17. The number of nitrogens with one attached hydrogen (secondary N) is 1. The lowest BCUT2D eigenvalue weighted by Crippen LogP contribution is -2.40. The number of amides is 2. The number of thiazole rings is 1. The zero-order chi connectivity index (χ0) is 16.2. The number of morpholine rings is 1. The predicted molar refractivity (Wildman–Crippen MR) is 88.8 cm³/mol. The molecule has 126 valence electrons. The number of hydrogen-bond acceptors (Lipinski definition) is 5. The van der Waals surface area contributed by atoms with E-state index in [0.29, 0.717) is 42.0 Å². The minimum absolute atomic E-state index is 0.0125. The van der Waals surface area contributed by atoms with E-state index in [-0.39, 0.29) is 17.7 Å². The lowest BCUT2D eigenvalue weighted by Gasteiger charge is -2.26. The SMILES string of the molecule is Cc1nc(NC(=O)C2CCCCC2)sc1C(=O)N1CCOCC1. The van der Waals surface area contributed by atoms with Crippen LogP contribution >= 0.6 is 11.3 Å². The predicted octanol–water partition coefficient (Wildman–Crippen LogP) is 2.44. The summed E-state index contributed by atoms with van der Waals surface area (Å²) in [5, 5.41) is 3.44. The molecule has 7 heteroatoms. The average Bonchev–Trinajstić information content (AvgIpc) is 2.96. The lowest BCUT2D eigenvalue weighted by molar-refractivity contribution is -0.120. The maximum Gasteiger partial charge on any atom is 0.266 e. The summed E-state index contributed by atoms with van der Waals surface area (Å²) in [6, 6.07) is 0. The Morgan fingerprint density at radius 1 is 1.22 bits per heavy atom. The molecule has 1 saturated carbocycles. The maximum atomic E-state index is 12.5. The molecular weight excluding hydrogens is 314 g/mol. The zero-order valence-corrected chi connectivity index (χ0v) is 14.3. The third kappa shape index (κ3) is 3.90. The van der Waals surface area contributed by atoms with Gasteiger partial charge in [-0.05, 0) is 19.8 Å². The average molecular weight is 337 g/mol. The van der Waals surface area contributed by atoms with Crippen LogP contribution in [-0.4, -0.2) is 48.0 Å². The van der Waals surface area contributed by atoms with Gasteiger partial charge in [0.1, 0.15) is 4.88 Å². The number of hydrogen-bond donors (Lipinski definition) is 1. The molecule has 2 amide bonds. The molecule has 0 atom stereocenters. The van der Waals surface area contributed by atoms with E-state index in [1.165, 1.54) is 17.8 Å². The standard InChI is InChI=1S/C16H23N3O3S/c1-11-13(15(21)19-7-9-22-10-8-19)23-16(17-11)18-14(20)12-5-3-2-4-6-12/h12H,2-10H2,1H3,(H,17,18,20). The van der Waals surface area contributed by atoms with E-state index < -0.39 is 0 Å². The second-order valence-electron chi connectivity index (χ2n) is 6.16. The van der Waals surface area contributed by atoms with E-state index >= 15 is 0 Å². The van der Waals surface area contributed by atoms with E-state index in [0.717, 1.165) is 25.7 Å². The van der Waals surface area contributed by atoms with E-state index in [1.807, 2.05) is 6.92 Å². The number of anilines is 1. The minimum Gasteiger partial charge on any atom is -0.378 e. The second kappa shape index (κ2) is 7.40. The molecule has 3 rings (SSSR count). The first-order valence-electron chi connectivity index (χ1n) is 8.30. The first-order valence-corrected chi connectivity index (χ1v) is 9.12. The molecule has 0 radical (unpaired) electrons. The third-order valence-corrected chi connectivity index (χ3v) is 5.56. The van der Waals surface area contributed by atoms with Crippen molar-refractivity contribution in [2.45, 2.75) is 39.0 Å². The molecule has 1 N–H and O–H groups in total. The summed E-state index contributed by atoms with van der Waals surface area (Å²) in [6.07, 6.45) is 5.37. The van der Waals surface area contributed by atoms with Gasteiger partial charge in [0.25, 0.3) is 5.91 Å². The van der Waals surface area contributed by atoms with Crippen molar-refractivity contribution in [2.24, 2.45) is 5.92 Å². The molecule has 2 heterocycles. The molecule has 0 bridgehead atoms. The fraction of sp³-hybridized carbons (Fsp3) is 0.688. The highest BCUT2D eigenvalue weighted by Gasteiger charge is 2.25. The molecule has 1 aliphatic heterocycles. The van der Waals surface area contributed by atoms with Gasteiger partial charge in [-0.3, -0.25) is 9.59 Å². The van der Waals surface area contributed by atoms with Gasteiger partial charge in [0.15, 0.2) is 5.13 Å². The fourth-order valence-corrected chi connectivity index (χ4v) is 4.07. The topological polar surface area (TPSA) is 71.5 Å². The van der Waals surface area contributed by atoms with Gasteiger partial charge < -0.3 is 15.0 Å². The van der Waals surface area contributed by atoms with E-state index in [9.17, 15) is 9.59 Å². The van der Waals surface area contributed by atoms with Crippen LogP contribution in [0.4, 0.5) is 5.13 Å². The number of carbonyl (C=O) groups excluding carboxylic acids is 2. The van der Waals surface area contributed by atoms with Gasteiger partial charge in [-0.2, -0.15) is 0 Å². The van der Waals surface area contributed by atoms with Gasteiger partial charge in [0, 0.05) is 19.0 Å². The molecule has 23 heavy (non-hydrogen) atoms. The Balaban J connectivity index is 1.65. The van der Waals surface area contributed by atoms with Crippen LogP contribution in [0, 0.1) is 12.8 Å². The van der Waals surface area contributed by atoms with Crippen molar-refractivity contribution >= 4 is 28.3 Å². The van der Waals surface area contributed by atoms with E-state index in [4.69, 9.17) is 4.74 Å². The zero-order valence-electron chi connectivity index (χ0n) is 13.5. The van der Waals surface area contributed by atoms with Crippen LogP contribution < -0.4 is 5.32 Å². The maximum absolute atomic E-state index is 12.5. The molecule has 6 nitrogen and oxygen atoms in total. The normalized spacial score (nSPS) is 19.6. The van der Waals surface area contributed by atoms with Gasteiger partial charge >= 0.3 is 0 Å². The molecule has 0 spiro atoms. The van der Waals surface area contributed by atoms with Crippen molar-refractivity contribution in [2.75, 3.05) is 31.6 Å². The quantitative estimate of drug-likeness (QED) is 0.919. The Bertz CT molecular complexity index is 575. The Kier molecular flexibility index (Phi) is 5.27. The van der Waals surface area contributed by atoms with Crippen LogP contribution in [-0.2, 0) is 9.53 Å². The monoisotopic (exact) mass is 337 g/mol. The molecule has 2 fully saturated rings. The van der Waals surface area contributed by atoms with Crippen LogP contribution in [0.2, 0.25) is 0 Å². The molecule has 1 saturated heterocycles. The first-order chi connectivity index (χ1) is 11.1. The number of carbonyl (C=O) groups is 2. The summed E-state index contributed by atoms with van der Waals surface area (Å²) < 4.78 is 5.28. The van der Waals surface area contributed by atoms with Crippen molar-refractivity contribution in [3.8, 4) is 0 Å². The summed E-state index contributed by atoms with van der Waals surface area (Å²) in [7, 11) is 0. The van der Waals surface area contributed by atoms with Gasteiger partial charge in [0.2, 0.25) is 5.91 Å². The Labute approximate surface area is 140 Å². The van der Waals surface area contributed by atoms with Gasteiger partial charge in [-0.15, -0.1) is 0 Å². The number of aryl methyl sites for hydroxylation is 1. The largest absolute Gasteiger partial charge is 0.378 e. The van der Waals surface area contributed by atoms with E-state index in [2.05, 4.69) is 10.3 Å². The van der Waals surface area contributed by atoms with Crippen molar-refractivity contribution in [3.05, 3.63) is 10.6 Å². The molecule has 0 unspecified atom stereocenters. The van der Waals surface area contributed by atoms with Gasteiger partial charge in [-0.25, -0.2) is 4.98 Å². The number of nitrogens with zero attached hydrogens (tertiary/aromatic N) is 2. The molecule has 2 aliphatic rings. The van der Waals surface area contributed by atoms with Crippen LogP contribution in [0.5, 0.6) is 0 Å². The molecule has 1 aromatic rings. The summed E-state index contributed by atoms with van der Waals surface area (Å²) in [5.74, 6) is 0.122. The Morgan fingerprint density at radius 3 is 2.61 bits per heavy atom. The Morgan fingerprint density at radius 2 is 1.91 bits per heavy atom. The van der Waals surface area contributed by atoms with Crippen LogP contribution in [0.25, 0.3) is 0 Å². The van der Waals surface area contributed by atoms with Crippen LogP contribution in [0.15, 0.2) is 0 Å². The van der Waals surface area contributed by atoms with Crippen molar-refractivity contribution in [1.29, 1.82) is 0 Å². The Hall–Kier alpha value is -1.47. The second-order valence-corrected chi connectivity index (χ2v) is 7.16. The number of rotatable bonds is 3. The highest BCUT2D eigenvalue weighted by Crippen LogP contribution is 2.28. The summed E-state index contributed by atoms with van der Waals surface area (Å²) in [4.78, 5) is 31.6. The molecular formula is C16H23N3O3S. The number of aromatic nitrogens is 1. The minimum atomic E-state index is -0.0125. The van der Waals surface area contributed by atoms with Gasteiger partial charge in [0.05, 0.1) is 18.9 Å². The van der Waals surface area contributed by atoms with Crippen molar-refractivity contribution in [3.63, 3.8) is 0 Å². The summed E-state index contributed by atoms with van der Waals surface area (Å²) in [5.41, 5.74) is 0.686. The molecule has 1 aliphatic carbocycles. The first kappa shape index (κ1) is 16.4. The van der Waals surface area contributed by atoms with E-state index in [1.54, 1.807) is 4.90 Å². The molecule has 1 aromatic heterocycles. The molecule has 0 aromatic carbocycles. The summed E-state index contributed by atoms with van der Waals surface area (Å²) in [6.45, 7) is 4.20. The van der Waals surface area contributed by atoms with Crippen LogP contribution in [0.3, 0.4) is 0 Å². The summed E-state index contributed by atoms with van der Waals surface area (Å²) >= 11 is 1.28. The lowest BCUT2D eigenvalue weighted by atomic mass is 9.89. The van der Waals surface area contributed by atoms with Crippen molar-refractivity contribution in [1.82, 2.24) is 9.88 Å². The third-order valence-electron chi connectivity index (χ3n) is 4.50. The van der Waals surface area contributed by atoms with Gasteiger partial charge in [-0.1, -0.05) is 30.6 Å². The fourth-order valence-electron chi connectivity index (χ4n) is 3.13.